The van der Waals surface area contributed by atoms with Crippen molar-refractivity contribution in [2.45, 2.75) is 310 Å². The van der Waals surface area contributed by atoms with E-state index in [0.717, 1.165) is 69.6 Å². The van der Waals surface area contributed by atoms with Gasteiger partial charge in [0.05, 0.1) is 0 Å². The largest absolute Gasteiger partial charge is 0.462 e. The van der Waals surface area contributed by atoms with Gasteiger partial charge in [-0.1, -0.05) is 266 Å². The van der Waals surface area contributed by atoms with Gasteiger partial charge in [0, 0.05) is 19.3 Å². The van der Waals surface area contributed by atoms with Gasteiger partial charge in [0.25, 0.3) is 0 Å². The van der Waals surface area contributed by atoms with Gasteiger partial charge in [0.2, 0.25) is 0 Å². The Labute approximate surface area is 380 Å². The molecule has 0 aromatic carbocycles. The number of unbranched alkanes of at least 4 members (excludes halogenated alkanes) is 34. The summed E-state index contributed by atoms with van der Waals surface area (Å²) < 4.78 is 16.8. The van der Waals surface area contributed by atoms with Gasteiger partial charge in [0.1, 0.15) is 13.2 Å². The van der Waals surface area contributed by atoms with Gasteiger partial charge in [-0.3, -0.25) is 14.4 Å². The Morgan fingerprint density at radius 2 is 0.541 bits per heavy atom. The van der Waals surface area contributed by atoms with E-state index in [1.54, 1.807) is 0 Å². The summed E-state index contributed by atoms with van der Waals surface area (Å²) in [5.74, 6) is 0.784. The minimum atomic E-state index is -0.762. The maximum absolute atomic E-state index is 12.8. The SMILES string of the molecule is CCCCCCCCCCCCCCCCCCCC(=O)O[C@H](COC(=O)CCCCCCCCCCCCCCC(C)C)COC(=O)CCCCCCCCCCC(C)C. The molecule has 0 saturated carbocycles. The quantitative estimate of drug-likeness (QED) is 0.0344. The molecule has 362 valence electrons. The van der Waals surface area contributed by atoms with Gasteiger partial charge >= 0.3 is 17.9 Å². The number of hydrogen-bond acceptors (Lipinski definition) is 6. The second-order valence-electron chi connectivity index (χ2n) is 19.8. The Hall–Kier alpha value is -1.59. The van der Waals surface area contributed by atoms with Crippen LogP contribution in [0.15, 0.2) is 0 Å². The van der Waals surface area contributed by atoms with E-state index in [1.165, 1.54) is 193 Å². The molecule has 0 aliphatic rings. The van der Waals surface area contributed by atoms with Gasteiger partial charge in [-0.15, -0.1) is 0 Å². The lowest BCUT2D eigenvalue weighted by atomic mass is 10.0. The molecule has 0 radical (unpaired) electrons. The molecule has 1 atom stereocenters. The van der Waals surface area contributed by atoms with Gasteiger partial charge in [-0.25, -0.2) is 0 Å². The molecular formula is C55H106O6. The van der Waals surface area contributed by atoms with Crippen molar-refractivity contribution >= 4 is 17.9 Å². The second-order valence-corrected chi connectivity index (χ2v) is 19.8. The van der Waals surface area contributed by atoms with E-state index in [0.29, 0.717) is 19.3 Å². The van der Waals surface area contributed by atoms with Crippen LogP contribution in [0.25, 0.3) is 0 Å². The third kappa shape index (κ3) is 49.3. The van der Waals surface area contributed by atoms with E-state index in [-0.39, 0.29) is 31.1 Å². The zero-order chi connectivity index (χ0) is 44.7. The zero-order valence-electron chi connectivity index (χ0n) is 41.8. The standard InChI is InChI=1S/C55H106O6/c1-6-7-8-9-10-11-12-13-14-15-16-17-22-25-32-37-42-47-55(58)61-52(49-60-54(57)46-41-36-31-27-26-29-34-39-44-51(4)5)48-59-53(56)45-40-35-30-24-21-19-18-20-23-28-33-38-43-50(2)3/h50-52H,6-49H2,1-5H3/t52-/m1/s1. The first-order valence-corrected chi connectivity index (χ1v) is 27.2. The fourth-order valence-corrected chi connectivity index (χ4v) is 8.34. The van der Waals surface area contributed by atoms with Crippen LogP contribution in [0.5, 0.6) is 0 Å². The highest BCUT2D eigenvalue weighted by molar-refractivity contribution is 5.71. The van der Waals surface area contributed by atoms with E-state index in [9.17, 15) is 14.4 Å². The first-order chi connectivity index (χ1) is 29.7. The number of esters is 3. The molecule has 0 aromatic rings. The highest BCUT2D eigenvalue weighted by atomic mass is 16.6. The third-order valence-electron chi connectivity index (χ3n) is 12.5. The molecule has 0 fully saturated rings. The van der Waals surface area contributed by atoms with Crippen LogP contribution in [0, 0.1) is 11.8 Å². The molecule has 0 spiro atoms. The third-order valence-corrected chi connectivity index (χ3v) is 12.5. The van der Waals surface area contributed by atoms with Crippen molar-refractivity contribution in [1.29, 1.82) is 0 Å². The van der Waals surface area contributed by atoms with E-state index in [4.69, 9.17) is 14.2 Å². The molecule has 0 heterocycles. The fourth-order valence-electron chi connectivity index (χ4n) is 8.34. The van der Waals surface area contributed by atoms with Crippen LogP contribution < -0.4 is 0 Å². The van der Waals surface area contributed by atoms with Crippen molar-refractivity contribution < 1.29 is 28.6 Å². The lowest BCUT2D eigenvalue weighted by Crippen LogP contribution is -2.30. The normalized spacial score (nSPS) is 12.0. The summed E-state index contributed by atoms with van der Waals surface area (Å²) in [5, 5.41) is 0. The van der Waals surface area contributed by atoms with Crippen LogP contribution in [0.1, 0.15) is 304 Å². The molecule has 0 aromatic heterocycles. The van der Waals surface area contributed by atoms with Crippen LogP contribution in [-0.4, -0.2) is 37.2 Å². The fraction of sp³-hybridized carbons (Fsp3) is 0.945. The summed E-state index contributed by atoms with van der Waals surface area (Å²) in [6.07, 6.45) is 49.5. The summed E-state index contributed by atoms with van der Waals surface area (Å²) in [5.41, 5.74) is 0. The maximum atomic E-state index is 12.8. The lowest BCUT2D eigenvalue weighted by molar-refractivity contribution is -0.167. The van der Waals surface area contributed by atoms with Crippen LogP contribution in [0.4, 0.5) is 0 Å². The summed E-state index contributed by atoms with van der Waals surface area (Å²) >= 11 is 0. The molecule has 0 N–H and O–H groups in total. The molecule has 0 aliphatic carbocycles. The molecule has 0 amide bonds. The molecular weight excluding hydrogens is 757 g/mol. The molecule has 0 saturated heterocycles. The first kappa shape index (κ1) is 59.4. The molecule has 0 bridgehead atoms. The highest BCUT2D eigenvalue weighted by Gasteiger charge is 2.19. The van der Waals surface area contributed by atoms with Gasteiger partial charge in [-0.05, 0) is 31.1 Å². The monoisotopic (exact) mass is 863 g/mol. The minimum Gasteiger partial charge on any atom is -0.462 e. The van der Waals surface area contributed by atoms with Gasteiger partial charge in [0.15, 0.2) is 6.10 Å². The number of carbonyl (C=O) groups excluding carboxylic acids is 3. The molecule has 0 unspecified atom stereocenters. The van der Waals surface area contributed by atoms with Crippen molar-refractivity contribution in [2.75, 3.05) is 13.2 Å². The second kappa shape index (κ2) is 47.9. The van der Waals surface area contributed by atoms with Crippen molar-refractivity contribution in [2.24, 2.45) is 11.8 Å². The Morgan fingerprint density at radius 3 is 0.803 bits per heavy atom. The highest BCUT2D eigenvalue weighted by Crippen LogP contribution is 2.18. The summed E-state index contributed by atoms with van der Waals surface area (Å²) in [6, 6.07) is 0. The number of ether oxygens (including phenoxy) is 3. The Kier molecular flexibility index (Phi) is 46.6. The lowest BCUT2D eigenvalue weighted by Gasteiger charge is -2.18. The van der Waals surface area contributed by atoms with Crippen molar-refractivity contribution in [3.05, 3.63) is 0 Å². The van der Waals surface area contributed by atoms with Gasteiger partial charge < -0.3 is 14.2 Å². The van der Waals surface area contributed by atoms with Gasteiger partial charge in [-0.2, -0.15) is 0 Å². The molecule has 61 heavy (non-hydrogen) atoms. The van der Waals surface area contributed by atoms with Crippen molar-refractivity contribution in [3.63, 3.8) is 0 Å². The van der Waals surface area contributed by atoms with Crippen LogP contribution >= 0.6 is 0 Å². The smallest absolute Gasteiger partial charge is 0.306 e. The van der Waals surface area contributed by atoms with Crippen LogP contribution in [-0.2, 0) is 28.6 Å². The predicted octanol–water partition coefficient (Wildman–Crippen LogP) is 17.7. The number of rotatable bonds is 49. The number of carbonyl (C=O) groups is 3. The Bertz CT molecular complexity index is 931. The van der Waals surface area contributed by atoms with Crippen LogP contribution in [0.3, 0.4) is 0 Å². The first-order valence-electron chi connectivity index (χ1n) is 27.2. The molecule has 6 heteroatoms. The maximum Gasteiger partial charge on any atom is 0.306 e. The zero-order valence-corrected chi connectivity index (χ0v) is 41.8. The predicted molar refractivity (Wildman–Crippen MR) is 261 cm³/mol. The average molecular weight is 863 g/mol. The molecule has 0 aliphatic heterocycles. The number of hydrogen-bond donors (Lipinski definition) is 0. The van der Waals surface area contributed by atoms with E-state index in [2.05, 4.69) is 34.6 Å². The summed E-state index contributed by atoms with van der Waals surface area (Å²) in [7, 11) is 0. The molecule has 0 rings (SSSR count). The minimum absolute atomic E-state index is 0.0637. The summed E-state index contributed by atoms with van der Waals surface area (Å²) in [6.45, 7) is 11.4. The van der Waals surface area contributed by atoms with E-state index < -0.39 is 6.10 Å². The average Bonchev–Trinajstić information content (AvgIpc) is 3.23. The summed E-state index contributed by atoms with van der Waals surface area (Å²) in [4.78, 5) is 38.0. The Balaban J connectivity index is 4.29. The topological polar surface area (TPSA) is 78.9 Å². The van der Waals surface area contributed by atoms with E-state index in [1.807, 2.05) is 0 Å². The van der Waals surface area contributed by atoms with Crippen molar-refractivity contribution in [3.8, 4) is 0 Å². The van der Waals surface area contributed by atoms with Crippen LogP contribution in [0.2, 0.25) is 0 Å². The Morgan fingerprint density at radius 1 is 0.311 bits per heavy atom. The van der Waals surface area contributed by atoms with E-state index >= 15 is 0 Å². The molecule has 6 nitrogen and oxygen atoms in total. The van der Waals surface area contributed by atoms with Crippen molar-refractivity contribution in [1.82, 2.24) is 0 Å².